The second kappa shape index (κ2) is 8.92. The van der Waals surface area contributed by atoms with Crippen LogP contribution in [-0.2, 0) is 21.5 Å². The fourth-order valence-corrected chi connectivity index (χ4v) is 4.63. The van der Waals surface area contributed by atoms with Crippen molar-refractivity contribution in [1.82, 2.24) is 15.5 Å². The Bertz CT molecular complexity index is 939. The molecule has 4 amide bonds. The van der Waals surface area contributed by atoms with Crippen molar-refractivity contribution in [1.29, 1.82) is 0 Å². The minimum Gasteiger partial charge on any atom is -0.352 e. The number of imide groups is 1. The van der Waals surface area contributed by atoms with Crippen molar-refractivity contribution in [2.45, 2.75) is 50.6 Å². The molecule has 4 rings (SSSR count). The predicted octanol–water partition coefficient (Wildman–Crippen LogP) is 3.37. The Morgan fingerprint density at radius 2 is 1.61 bits per heavy atom. The van der Waals surface area contributed by atoms with Crippen LogP contribution in [0.2, 0.25) is 0 Å². The second-order valence-corrected chi connectivity index (χ2v) is 8.78. The van der Waals surface area contributed by atoms with Gasteiger partial charge in [0, 0.05) is 12.5 Å². The lowest BCUT2D eigenvalue weighted by Gasteiger charge is -2.28. The molecule has 1 aliphatic carbocycles. The van der Waals surface area contributed by atoms with Crippen LogP contribution in [0.1, 0.15) is 43.7 Å². The Morgan fingerprint density at radius 3 is 2.26 bits per heavy atom. The first-order valence-corrected chi connectivity index (χ1v) is 11.0. The summed E-state index contributed by atoms with van der Waals surface area (Å²) in [6.07, 6.45) is 4.37. The van der Waals surface area contributed by atoms with Gasteiger partial charge in [0.05, 0.1) is 0 Å². The first-order valence-electron chi connectivity index (χ1n) is 11.0. The largest absolute Gasteiger partial charge is 0.352 e. The van der Waals surface area contributed by atoms with Gasteiger partial charge in [-0.2, -0.15) is 0 Å². The molecule has 0 spiro atoms. The van der Waals surface area contributed by atoms with Crippen LogP contribution in [0.4, 0.5) is 4.79 Å². The normalized spacial score (nSPS) is 25.9. The molecule has 6 heteroatoms. The Hall–Kier alpha value is -3.15. The Balaban J connectivity index is 1.53. The highest BCUT2D eigenvalue weighted by molar-refractivity contribution is 6.09. The van der Waals surface area contributed by atoms with Crippen molar-refractivity contribution in [2.24, 2.45) is 5.92 Å². The molecule has 2 N–H and O–H groups in total. The SMILES string of the molecule is CC1CCC(NC(=O)CN2C(=O)N[C@@](Cc3ccccc3)(c3ccccc3)C2=O)CC1. The molecular weight excluding hydrogens is 390 g/mol. The highest BCUT2D eigenvalue weighted by Gasteiger charge is 2.52. The number of hydrogen-bond donors (Lipinski definition) is 2. The maximum atomic E-state index is 13.6. The molecular formula is C25H29N3O3. The minimum atomic E-state index is -1.22. The van der Waals surface area contributed by atoms with Gasteiger partial charge in [-0.25, -0.2) is 4.79 Å². The van der Waals surface area contributed by atoms with Crippen molar-refractivity contribution in [3.8, 4) is 0 Å². The zero-order chi connectivity index (χ0) is 21.8. The average molecular weight is 420 g/mol. The zero-order valence-corrected chi connectivity index (χ0v) is 17.8. The quantitative estimate of drug-likeness (QED) is 0.705. The van der Waals surface area contributed by atoms with E-state index in [0.29, 0.717) is 17.9 Å². The summed E-state index contributed by atoms with van der Waals surface area (Å²) in [4.78, 5) is 40.1. The van der Waals surface area contributed by atoms with E-state index in [1.165, 1.54) is 0 Å². The molecule has 1 saturated heterocycles. The summed E-state index contributed by atoms with van der Waals surface area (Å²) in [5.74, 6) is 0.00941. The van der Waals surface area contributed by atoms with Crippen LogP contribution in [0.5, 0.6) is 0 Å². The van der Waals surface area contributed by atoms with Crippen molar-refractivity contribution < 1.29 is 14.4 Å². The van der Waals surface area contributed by atoms with E-state index in [1.807, 2.05) is 60.7 Å². The van der Waals surface area contributed by atoms with E-state index >= 15 is 0 Å². The van der Waals surface area contributed by atoms with Gasteiger partial charge >= 0.3 is 6.03 Å². The number of carbonyl (C=O) groups excluding carboxylic acids is 3. The summed E-state index contributed by atoms with van der Waals surface area (Å²) < 4.78 is 0. The molecule has 6 nitrogen and oxygen atoms in total. The van der Waals surface area contributed by atoms with Crippen LogP contribution in [0, 0.1) is 5.92 Å². The third-order valence-electron chi connectivity index (χ3n) is 6.44. The lowest BCUT2D eigenvalue weighted by atomic mass is 9.83. The fourth-order valence-electron chi connectivity index (χ4n) is 4.63. The summed E-state index contributed by atoms with van der Waals surface area (Å²) in [5.41, 5.74) is 0.421. The third kappa shape index (κ3) is 4.48. The number of rotatable bonds is 6. The van der Waals surface area contributed by atoms with Gasteiger partial charge in [-0.15, -0.1) is 0 Å². The van der Waals surface area contributed by atoms with Gasteiger partial charge in [-0.3, -0.25) is 14.5 Å². The molecule has 0 aromatic heterocycles. The van der Waals surface area contributed by atoms with Crippen molar-refractivity contribution in [3.63, 3.8) is 0 Å². The monoisotopic (exact) mass is 419 g/mol. The second-order valence-electron chi connectivity index (χ2n) is 8.78. The van der Waals surface area contributed by atoms with E-state index in [1.54, 1.807) is 0 Å². The topological polar surface area (TPSA) is 78.5 Å². The third-order valence-corrected chi connectivity index (χ3v) is 6.44. The first-order chi connectivity index (χ1) is 15.0. The van der Waals surface area contributed by atoms with Gasteiger partial charge in [0.1, 0.15) is 6.54 Å². The first kappa shape index (κ1) is 21.1. The highest BCUT2D eigenvalue weighted by Crippen LogP contribution is 2.33. The van der Waals surface area contributed by atoms with Crippen molar-refractivity contribution in [3.05, 3.63) is 71.8 Å². The van der Waals surface area contributed by atoms with Crippen LogP contribution in [-0.4, -0.2) is 35.3 Å². The maximum Gasteiger partial charge on any atom is 0.325 e. The van der Waals surface area contributed by atoms with Crippen LogP contribution in [0.3, 0.4) is 0 Å². The van der Waals surface area contributed by atoms with Crippen LogP contribution >= 0.6 is 0 Å². The van der Waals surface area contributed by atoms with E-state index in [4.69, 9.17) is 0 Å². The summed E-state index contributed by atoms with van der Waals surface area (Å²) in [6, 6.07) is 18.4. The Labute approximate surface area is 183 Å². The number of urea groups is 1. The average Bonchev–Trinajstić information content (AvgIpc) is 3.01. The number of hydrogen-bond acceptors (Lipinski definition) is 3. The van der Waals surface area contributed by atoms with Gasteiger partial charge in [0.25, 0.3) is 5.91 Å². The van der Waals surface area contributed by atoms with Gasteiger partial charge in [0.15, 0.2) is 5.54 Å². The molecule has 2 aromatic rings. The van der Waals surface area contributed by atoms with E-state index in [0.717, 1.165) is 36.1 Å². The summed E-state index contributed by atoms with van der Waals surface area (Å²) in [7, 11) is 0. The number of benzene rings is 2. The number of nitrogens with one attached hydrogen (secondary N) is 2. The van der Waals surface area contributed by atoms with Crippen LogP contribution < -0.4 is 10.6 Å². The maximum absolute atomic E-state index is 13.6. The van der Waals surface area contributed by atoms with Crippen molar-refractivity contribution >= 4 is 17.8 Å². The molecule has 2 fully saturated rings. The van der Waals surface area contributed by atoms with E-state index < -0.39 is 11.6 Å². The fraction of sp³-hybridized carbons (Fsp3) is 0.400. The highest BCUT2D eigenvalue weighted by atomic mass is 16.2. The summed E-state index contributed by atoms with van der Waals surface area (Å²) >= 11 is 0. The van der Waals surface area contributed by atoms with Crippen LogP contribution in [0.15, 0.2) is 60.7 Å². The van der Waals surface area contributed by atoms with E-state index in [2.05, 4.69) is 17.6 Å². The molecule has 2 aromatic carbocycles. The molecule has 2 aliphatic rings. The molecule has 31 heavy (non-hydrogen) atoms. The summed E-state index contributed by atoms with van der Waals surface area (Å²) in [5, 5.41) is 5.92. The number of nitrogens with zero attached hydrogens (tertiary/aromatic N) is 1. The standard InChI is InChI=1S/C25H29N3O3/c1-18-12-14-21(15-13-18)26-22(29)17-28-23(30)25(27-24(28)31,20-10-6-3-7-11-20)16-19-8-4-2-5-9-19/h2-11,18,21H,12-17H2,1H3,(H,26,29)(H,27,31)/t18?,21?,25-/m0/s1. The molecule has 0 radical (unpaired) electrons. The van der Waals surface area contributed by atoms with E-state index in [-0.39, 0.29) is 24.4 Å². The number of amides is 4. The van der Waals surface area contributed by atoms with Gasteiger partial charge in [-0.1, -0.05) is 67.6 Å². The van der Waals surface area contributed by atoms with Crippen molar-refractivity contribution in [2.75, 3.05) is 6.54 Å². The Morgan fingerprint density at radius 1 is 1.00 bits per heavy atom. The molecule has 1 heterocycles. The predicted molar refractivity (Wildman–Crippen MR) is 118 cm³/mol. The van der Waals surface area contributed by atoms with Gasteiger partial charge in [0.2, 0.25) is 5.91 Å². The lowest BCUT2D eigenvalue weighted by molar-refractivity contribution is -0.135. The molecule has 1 aliphatic heterocycles. The molecule has 1 saturated carbocycles. The van der Waals surface area contributed by atoms with Crippen LogP contribution in [0.25, 0.3) is 0 Å². The zero-order valence-electron chi connectivity index (χ0n) is 17.8. The molecule has 0 bridgehead atoms. The smallest absolute Gasteiger partial charge is 0.325 e. The molecule has 0 unspecified atom stereocenters. The van der Waals surface area contributed by atoms with Gasteiger partial charge in [-0.05, 0) is 42.7 Å². The Kier molecular flexibility index (Phi) is 6.07. The minimum absolute atomic E-state index is 0.118. The van der Waals surface area contributed by atoms with E-state index in [9.17, 15) is 14.4 Å². The summed E-state index contributed by atoms with van der Waals surface area (Å²) in [6.45, 7) is 1.96. The number of carbonyl (C=O) groups is 3. The van der Waals surface area contributed by atoms with Gasteiger partial charge < -0.3 is 10.6 Å². The molecule has 1 atom stereocenters. The lowest BCUT2D eigenvalue weighted by Crippen LogP contribution is -2.48. The molecule has 162 valence electrons.